The molecule has 24 heavy (non-hydrogen) atoms. The van der Waals surface area contributed by atoms with Crippen molar-refractivity contribution in [2.24, 2.45) is 0 Å². The van der Waals surface area contributed by atoms with Crippen LogP contribution in [0.15, 0.2) is 30.3 Å². The SMILES string of the molecule is CS(=O)(=O)NC[C@H]1CCCCN1C(=O)/C=C\c1cccc(C#N)c1. The van der Waals surface area contributed by atoms with Crippen LogP contribution in [0, 0.1) is 11.3 Å². The third kappa shape index (κ3) is 5.48. The van der Waals surface area contributed by atoms with Gasteiger partial charge in [0.15, 0.2) is 0 Å². The standard InChI is InChI=1S/C17H21N3O3S/c1-24(22,23)19-13-16-7-2-3-10-20(16)17(21)9-8-14-5-4-6-15(11-14)12-18/h4-6,8-9,11,16,19H,2-3,7,10,13H2,1H3/b9-8-/t16-/m1/s1. The first-order chi connectivity index (χ1) is 11.4. The maximum Gasteiger partial charge on any atom is 0.246 e. The van der Waals surface area contributed by atoms with Crippen molar-refractivity contribution in [3.63, 3.8) is 0 Å². The molecule has 1 aromatic carbocycles. The van der Waals surface area contributed by atoms with E-state index in [1.807, 2.05) is 6.07 Å². The van der Waals surface area contributed by atoms with Gasteiger partial charge in [0.25, 0.3) is 0 Å². The summed E-state index contributed by atoms with van der Waals surface area (Å²) in [5.74, 6) is -0.141. The minimum absolute atomic E-state index is 0.129. The Labute approximate surface area is 142 Å². The number of hydrogen-bond donors (Lipinski definition) is 1. The Kier molecular flexibility index (Phi) is 6.12. The second kappa shape index (κ2) is 8.08. The van der Waals surface area contributed by atoms with Gasteiger partial charge in [0, 0.05) is 25.2 Å². The van der Waals surface area contributed by atoms with Crippen LogP contribution in [-0.2, 0) is 14.8 Å². The summed E-state index contributed by atoms with van der Waals surface area (Å²) in [6.07, 6.45) is 6.96. The van der Waals surface area contributed by atoms with E-state index in [4.69, 9.17) is 5.26 Å². The van der Waals surface area contributed by atoms with Crippen molar-refractivity contribution in [3.05, 3.63) is 41.5 Å². The maximum atomic E-state index is 12.5. The third-order valence-electron chi connectivity index (χ3n) is 3.93. The fourth-order valence-electron chi connectivity index (χ4n) is 2.73. The number of nitriles is 1. The second-order valence-electron chi connectivity index (χ2n) is 5.87. The van der Waals surface area contributed by atoms with Gasteiger partial charge in [0.1, 0.15) is 0 Å². The summed E-state index contributed by atoms with van der Waals surface area (Å²) in [5, 5.41) is 8.90. The van der Waals surface area contributed by atoms with Crippen molar-refractivity contribution >= 4 is 22.0 Å². The van der Waals surface area contributed by atoms with Crippen molar-refractivity contribution in [2.45, 2.75) is 25.3 Å². The molecule has 0 aromatic heterocycles. The Morgan fingerprint density at radius 1 is 1.46 bits per heavy atom. The van der Waals surface area contributed by atoms with Crippen LogP contribution >= 0.6 is 0 Å². The van der Waals surface area contributed by atoms with Crippen molar-refractivity contribution in [2.75, 3.05) is 19.3 Å². The third-order valence-corrected chi connectivity index (χ3v) is 4.62. The molecule has 0 bridgehead atoms. The zero-order valence-electron chi connectivity index (χ0n) is 13.6. The van der Waals surface area contributed by atoms with Crippen molar-refractivity contribution in [1.29, 1.82) is 5.26 Å². The summed E-state index contributed by atoms with van der Waals surface area (Å²) in [6, 6.07) is 8.94. The quantitative estimate of drug-likeness (QED) is 0.817. The molecule has 1 fully saturated rings. The van der Waals surface area contributed by atoms with Crippen LogP contribution in [0.1, 0.15) is 30.4 Å². The maximum absolute atomic E-state index is 12.5. The average Bonchev–Trinajstić information content (AvgIpc) is 2.57. The van der Waals surface area contributed by atoms with Gasteiger partial charge in [0.05, 0.1) is 17.9 Å². The first-order valence-corrected chi connectivity index (χ1v) is 9.71. The van der Waals surface area contributed by atoms with Crippen LogP contribution in [-0.4, -0.2) is 44.6 Å². The van der Waals surface area contributed by atoms with E-state index < -0.39 is 10.0 Å². The Morgan fingerprint density at radius 2 is 2.25 bits per heavy atom. The summed E-state index contributed by atoms with van der Waals surface area (Å²) in [6.45, 7) is 0.861. The van der Waals surface area contributed by atoms with Crippen LogP contribution in [0.5, 0.6) is 0 Å². The van der Waals surface area contributed by atoms with E-state index in [0.717, 1.165) is 31.1 Å². The number of carbonyl (C=O) groups is 1. The summed E-state index contributed by atoms with van der Waals surface area (Å²) >= 11 is 0. The Bertz CT molecular complexity index is 766. The summed E-state index contributed by atoms with van der Waals surface area (Å²) in [5.41, 5.74) is 1.32. The molecular weight excluding hydrogens is 326 g/mol. The Morgan fingerprint density at radius 3 is 2.96 bits per heavy atom. The molecule has 1 aliphatic heterocycles. The predicted molar refractivity (Wildman–Crippen MR) is 92.4 cm³/mol. The van der Waals surface area contributed by atoms with Crippen LogP contribution < -0.4 is 4.72 Å². The highest BCUT2D eigenvalue weighted by molar-refractivity contribution is 7.88. The van der Waals surface area contributed by atoms with Crippen LogP contribution in [0.4, 0.5) is 0 Å². The minimum Gasteiger partial charge on any atom is -0.335 e. The number of piperidine rings is 1. The number of nitrogens with zero attached hydrogens (tertiary/aromatic N) is 2. The number of nitrogens with one attached hydrogen (secondary N) is 1. The zero-order chi connectivity index (χ0) is 17.6. The number of carbonyl (C=O) groups excluding carboxylic acids is 1. The molecule has 6 nitrogen and oxygen atoms in total. The molecule has 128 valence electrons. The van der Waals surface area contributed by atoms with Crippen LogP contribution in [0.2, 0.25) is 0 Å². The number of benzene rings is 1. The van der Waals surface area contributed by atoms with Crippen LogP contribution in [0.3, 0.4) is 0 Å². The number of sulfonamides is 1. The topological polar surface area (TPSA) is 90.3 Å². The van der Waals surface area contributed by atoms with E-state index in [2.05, 4.69) is 10.8 Å². The molecule has 0 saturated carbocycles. The molecule has 0 spiro atoms. The normalized spacial score (nSPS) is 18.5. The van der Waals surface area contributed by atoms with Gasteiger partial charge in [0.2, 0.25) is 15.9 Å². The molecular formula is C17H21N3O3S. The first kappa shape index (κ1) is 18.2. The lowest BCUT2D eigenvalue weighted by Crippen LogP contribution is -2.48. The fourth-order valence-corrected chi connectivity index (χ4v) is 3.22. The molecule has 0 radical (unpaired) electrons. The van der Waals surface area contributed by atoms with E-state index in [-0.39, 0.29) is 18.5 Å². The van der Waals surface area contributed by atoms with Gasteiger partial charge in [-0.1, -0.05) is 12.1 Å². The highest BCUT2D eigenvalue weighted by Crippen LogP contribution is 2.17. The Balaban J connectivity index is 2.05. The molecule has 0 unspecified atom stereocenters. The van der Waals surface area contributed by atoms with Crippen molar-refractivity contribution in [3.8, 4) is 6.07 Å². The predicted octanol–water partition coefficient (Wildman–Crippen LogP) is 1.50. The van der Waals surface area contributed by atoms with E-state index in [0.29, 0.717) is 12.1 Å². The van der Waals surface area contributed by atoms with Crippen LogP contribution in [0.25, 0.3) is 6.08 Å². The first-order valence-electron chi connectivity index (χ1n) is 7.82. The minimum atomic E-state index is -3.27. The smallest absolute Gasteiger partial charge is 0.246 e. The van der Waals surface area contributed by atoms with Gasteiger partial charge in [-0.05, 0) is 43.0 Å². The molecule has 1 N–H and O–H groups in total. The average molecular weight is 347 g/mol. The Hall–Kier alpha value is -2.17. The van der Waals surface area contributed by atoms with Gasteiger partial charge in [-0.2, -0.15) is 5.26 Å². The summed E-state index contributed by atoms with van der Waals surface area (Å²) in [7, 11) is -3.27. The van der Waals surface area contributed by atoms with Gasteiger partial charge < -0.3 is 4.90 Å². The fraction of sp³-hybridized carbons (Fsp3) is 0.412. The number of amides is 1. The monoisotopic (exact) mass is 347 g/mol. The molecule has 0 aliphatic carbocycles. The second-order valence-corrected chi connectivity index (χ2v) is 7.71. The van der Waals surface area contributed by atoms with E-state index in [9.17, 15) is 13.2 Å². The lowest BCUT2D eigenvalue weighted by atomic mass is 10.0. The molecule has 7 heteroatoms. The molecule has 1 saturated heterocycles. The lowest BCUT2D eigenvalue weighted by molar-refractivity contribution is -0.129. The van der Waals surface area contributed by atoms with E-state index in [1.54, 1.807) is 29.2 Å². The number of rotatable bonds is 5. The highest BCUT2D eigenvalue weighted by Gasteiger charge is 2.25. The van der Waals surface area contributed by atoms with E-state index in [1.165, 1.54) is 6.08 Å². The molecule has 1 heterocycles. The van der Waals surface area contributed by atoms with Gasteiger partial charge in [-0.3, -0.25) is 4.79 Å². The van der Waals surface area contributed by atoms with Gasteiger partial charge >= 0.3 is 0 Å². The van der Waals surface area contributed by atoms with Gasteiger partial charge in [-0.25, -0.2) is 13.1 Å². The zero-order valence-corrected chi connectivity index (χ0v) is 14.4. The molecule has 1 atom stereocenters. The lowest BCUT2D eigenvalue weighted by Gasteiger charge is -2.35. The van der Waals surface area contributed by atoms with E-state index >= 15 is 0 Å². The molecule has 1 aliphatic rings. The van der Waals surface area contributed by atoms with Crippen molar-refractivity contribution < 1.29 is 13.2 Å². The summed E-state index contributed by atoms with van der Waals surface area (Å²) < 4.78 is 25.0. The highest BCUT2D eigenvalue weighted by atomic mass is 32.2. The molecule has 2 rings (SSSR count). The summed E-state index contributed by atoms with van der Waals surface area (Å²) in [4.78, 5) is 14.2. The van der Waals surface area contributed by atoms with Crippen molar-refractivity contribution in [1.82, 2.24) is 9.62 Å². The number of hydrogen-bond acceptors (Lipinski definition) is 4. The number of likely N-dealkylation sites (tertiary alicyclic amines) is 1. The largest absolute Gasteiger partial charge is 0.335 e. The molecule has 1 amide bonds. The van der Waals surface area contributed by atoms with Gasteiger partial charge in [-0.15, -0.1) is 0 Å². The molecule has 1 aromatic rings.